The number of morpholine rings is 1. The normalized spacial score (nSPS) is 25.1. The Bertz CT molecular complexity index is 390. The van der Waals surface area contributed by atoms with Crippen LogP contribution in [0.25, 0.3) is 0 Å². The van der Waals surface area contributed by atoms with E-state index in [0.29, 0.717) is 24.5 Å². The summed E-state index contributed by atoms with van der Waals surface area (Å²) in [5.74, 6) is 0.225. The molecule has 94 valence electrons. The maximum Gasteiger partial charge on any atom is 0.142 e. The van der Waals surface area contributed by atoms with Gasteiger partial charge in [-0.3, -0.25) is 0 Å². The van der Waals surface area contributed by atoms with E-state index in [1.165, 1.54) is 12.3 Å². The molecule has 0 radical (unpaired) electrons. The van der Waals surface area contributed by atoms with Gasteiger partial charge in [0.15, 0.2) is 0 Å². The van der Waals surface area contributed by atoms with Crippen molar-refractivity contribution in [1.82, 2.24) is 4.98 Å². The van der Waals surface area contributed by atoms with E-state index in [4.69, 9.17) is 4.74 Å². The average molecular weight is 240 g/mol. The lowest BCUT2D eigenvalue weighted by Gasteiger charge is -2.36. The smallest absolute Gasteiger partial charge is 0.142 e. The third-order valence-corrected chi connectivity index (χ3v) is 2.80. The van der Waals surface area contributed by atoms with Gasteiger partial charge in [0.05, 0.1) is 25.0 Å². The zero-order valence-electron chi connectivity index (χ0n) is 10.1. The van der Waals surface area contributed by atoms with E-state index in [2.05, 4.69) is 4.98 Å². The fourth-order valence-electron chi connectivity index (χ4n) is 2.23. The summed E-state index contributed by atoms with van der Waals surface area (Å²) in [5, 5.41) is 9.24. The Balaban J connectivity index is 2.26. The SMILES string of the molecule is CC1CN(c2ncc(F)cc2CO)CC(C)O1. The molecule has 0 aromatic carbocycles. The van der Waals surface area contributed by atoms with E-state index in [-0.39, 0.29) is 18.8 Å². The molecule has 2 heterocycles. The monoisotopic (exact) mass is 240 g/mol. The van der Waals surface area contributed by atoms with Crippen molar-refractivity contribution < 1.29 is 14.2 Å². The second kappa shape index (κ2) is 4.98. The van der Waals surface area contributed by atoms with E-state index in [1.54, 1.807) is 0 Å². The molecule has 0 bridgehead atoms. The number of pyridine rings is 1. The van der Waals surface area contributed by atoms with Gasteiger partial charge >= 0.3 is 0 Å². The van der Waals surface area contributed by atoms with Gasteiger partial charge in [0.1, 0.15) is 11.6 Å². The fraction of sp³-hybridized carbons (Fsp3) is 0.583. The van der Waals surface area contributed by atoms with Gasteiger partial charge in [0.25, 0.3) is 0 Å². The Kier molecular flexibility index (Phi) is 3.59. The first kappa shape index (κ1) is 12.3. The highest BCUT2D eigenvalue weighted by Gasteiger charge is 2.24. The quantitative estimate of drug-likeness (QED) is 0.847. The molecule has 1 aromatic rings. The van der Waals surface area contributed by atoms with E-state index < -0.39 is 5.82 Å². The molecule has 17 heavy (non-hydrogen) atoms. The van der Waals surface area contributed by atoms with Gasteiger partial charge in [-0.05, 0) is 19.9 Å². The number of hydrogen-bond acceptors (Lipinski definition) is 4. The zero-order valence-corrected chi connectivity index (χ0v) is 10.1. The molecule has 0 saturated carbocycles. The van der Waals surface area contributed by atoms with Crippen LogP contribution < -0.4 is 4.90 Å². The van der Waals surface area contributed by atoms with Crippen LogP contribution in [-0.2, 0) is 11.3 Å². The minimum Gasteiger partial charge on any atom is -0.392 e. The Morgan fingerprint density at radius 3 is 2.71 bits per heavy atom. The standard InChI is InChI=1S/C12H17FN2O2/c1-8-5-15(6-9(2)17-8)12-10(7-16)3-11(13)4-14-12/h3-4,8-9,16H,5-7H2,1-2H3. The van der Waals surface area contributed by atoms with Crippen LogP contribution in [0, 0.1) is 5.82 Å². The molecular weight excluding hydrogens is 223 g/mol. The molecule has 5 heteroatoms. The molecule has 0 spiro atoms. The number of ether oxygens (including phenoxy) is 1. The van der Waals surface area contributed by atoms with Crippen LogP contribution in [0.15, 0.2) is 12.3 Å². The van der Waals surface area contributed by atoms with Crippen LogP contribution in [0.1, 0.15) is 19.4 Å². The number of nitrogens with zero attached hydrogens (tertiary/aromatic N) is 2. The molecule has 4 nitrogen and oxygen atoms in total. The summed E-state index contributed by atoms with van der Waals surface area (Å²) in [4.78, 5) is 6.11. The second-order valence-electron chi connectivity index (χ2n) is 4.46. The maximum atomic E-state index is 13.0. The van der Waals surface area contributed by atoms with Gasteiger partial charge in [-0.2, -0.15) is 0 Å². The number of aliphatic hydroxyl groups is 1. The largest absolute Gasteiger partial charge is 0.392 e. The molecule has 1 saturated heterocycles. The van der Waals surface area contributed by atoms with E-state index in [1.807, 2.05) is 18.7 Å². The summed E-state index contributed by atoms with van der Waals surface area (Å²) >= 11 is 0. The first-order valence-corrected chi connectivity index (χ1v) is 5.76. The van der Waals surface area contributed by atoms with Gasteiger partial charge in [0.2, 0.25) is 0 Å². The highest BCUT2D eigenvalue weighted by Crippen LogP contribution is 2.22. The number of hydrogen-bond donors (Lipinski definition) is 1. The van der Waals surface area contributed by atoms with Crippen LogP contribution in [0.3, 0.4) is 0 Å². The predicted octanol–water partition coefficient (Wildman–Crippen LogP) is 1.33. The van der Waals surface area contributed by atoms with Crippen molar-refractivity contribution in [3.05, 3.63) is 23.6 Å². The van der Waals surface area contributed by atoms with Gasteiger partial charge < -0.3 is 14.7 Å². The summed E-state index contributed by atoms with van der Waals surface area (Å²) < 4.78 is 18.7. The summed E-state index contributed by atoms with van der Waals surface area (Å²) in [5.41, 5.74) is 0.520. The second-order valence-corrected chi connectivity index (χ2v) is 4.46. The summed E-state index contributed by atoms with van der Waals surface area (Å²) in [6.45, 7) is 5.18. The fourth-order valence-corrected chi connectivity index (χ4v) is 2.23. The molecule has 0 amide bonds. The molecule has 1 aliphatic heterocycles. The molecule has 0 aliphatic carbocycles. The maximum absolute atomic E-state index is 13.0. The van der Waals surface area contributed by atoms with Crippen LogP contribution in [0.5, 0.6) is 0 Å². The van der Waals surface area contributed by atoms with Crippen LogP contribution >= 0.6 is 0 Å². The number of rotatable bonds is 2. The Labute approximate surface area is 100 Å². The first-order chi connectivity index (χ1) is 8.10. The lowest BCUT2D eigenvalue weighted by molar-refractivity contribution is -0.00557. The molecular formula is C12H17FN2O2. The number of aliphatic hydroxyl groups excluding tert-OH is 1. The highest BCUT2D eigenvalue weighted by molar-refractivity contribution is 5.47. The molecule has 2 atom stereocenters. The lowest BCUT2D eigenvalue weighted by atomic mass is 10.2. The molecule has 1 aromatic heterocycles. The van der Waals surface area contributed by atoms with Gasteiger partial charge in [-0.15, -0.1) is 0 Å². The van der Waals surface area contributed by atoms with Crippen LogP contribution in [0.2, 0.25) is 0 Å². The third-order valence-electron chi connectivity index (χ3n) is 2.80. The van der Waals surface area contributed by atoms with Crippen molar-refractivity contribution in [3.8, 4) is 0 Å². The van der Waals surface area contributed by atoms with Crippen molar-refractivity contribution in [3.63, 3.8) is 0 Å². The Morgan fingerprint density at radius 2 is 2.12 bits per heavy atom. The Hall–Kier alpha value is -1.20. The van der Waals surface area contributed by atoms with E-state index >= 15 is 0 Å². The average Bonchev–Trinajstić information content (AvgIpc) is 2.27. The van der Waals surface area contributed by atoms with E-state index in [0.717, 1.165) is 0 Å². The summed E-state index contributed by atoms with van der Waals surface area (Å²) in [7, 11) is 0. The third kappa shape index (κ3) is 2.73. The number of anilines is 1. The van der Waals surface area contributed by atoms with Gasteiger partial charge in [-0.1, -0.05) is 0 Å². The molecule has 1 fully saturated rings. The minimum atomic E-state index is -0.424. The van der Waals surface area contributed by atoms with Crippen molar-refractivity contribution in [2.75, 3.05) is 18.0 Å². The molecule has 2 rings (SSSR count). The topological polar surface area (TPSA) is 45.6 Å². The highest BCUT2D eigenvalue weighted by atomic mass is 19.1. The molecule has 2 unspecified atom stereocenters. The minimum absolute atomic E-state index is 0.108. The van der Waals surface area contributed by atoms with Gasteiger partial charge in [-0.25, -0.2) is 9.37 Å². The van der Waals surface area contributed by atoms with Gasteiger partial charge in [0, 0.05) is 18.7 Å². The zero-order chi connectivity index (χ0) is 12.4. The van der Waals surface area contributed by atoms with Crippen LogP contribution in [-0.4, -0.2) is 35.4 Å². The van der Waals surface area contributed by atoms with Crippen molar-refractivity contribution in [1.29, 1.82) is 0 Å². The van der Waals surface area contributed by atoms with Crippen LogP contribution in [0.4, 0.5) is 10.2 Å². The Morgan fingerprint density at radius 1 is 1.47 bits per heavy atom. The number of aromatic nitrogens is 1. The lowest BCUT2D eigenvalue weighted by Crippen LogP contribution is -2.46. The van der Waals surface area contributed by atoms with Crippen molar-refractivity contribution >= 4 is 5.82 Å². The summed E-state index contributed by atoms with van der Waals surface area (Å²) in [6.07, 6.45) is 1.40. The molecule has 1 N–H and O–H groups in total. The molecule has 1 aliphatic rings. The predicted molar refractivity (Wildman–Crippen MR) is 62.3 cm³/mol. The number of halogens is 1. The van der Waals surface area contributed by atoms with Crippen molar-refractivity contribution in [2.45, 2.75) is 32.7 Å². The first-order valence-electron chi connectivity index (χ1n) is 5.76. The van der Waals surface area contributed by atoms with E-state index in [9.17, 15) is 9.50 Å². The van der Waals surface area contributed by atoms with Crippen molar-refractivity contribution in [2.24, 2.45) is 0 Å². The summed E-state index contributed by atoms with van der Waals surface area (Å²) in [6, 6.07) is 1.33.